The van der Waals surface area contributed by atoms with E-state index >= 15 is 0 Å². The summed E-state index contributed by atoms with van der Waals surface area (Å²) in [6, 6.07) is 5.57. The van der Waals surface area contributed by atoms with Gasteiger partial charge in [0, 0.05) is 15.6 Å². The third-order valence-corrected chi connectivity index (χ3v) is 5.67. The molecule has 1 aliphatic rings. The molecule has 1 aromatic carbocycles. The lowest BCUT2D eigenvalue weighted by atomic mass is 10.0. The number of rotatable bonds is 2. The van der Waals surface area contributed by atoms with Crippen molar-refractivity contribution in [1.82, 2.24) is 4.98 Å². The van der Waals surface area contributed by atoms with Crippen molar-refractivity contribution in [2.45, 2.75) is 26.2 Å². The van der Waals surface area contributed by atoms with Crippen LogP contribution in [0.5, 0.6) is 0 Å². The molecule has 21 heavy (non-hydrogen) atoms. The molecule has 0 spiro atoms. The van der Waals surface area contributed by atoms with Gasteiger partial charge in [0.25, 0.3) is 5.91 Å². The lowest BCUT2D eigenvalue weighted by molar-refractivity contribution is 0.0975. The number of halogens is 1. The van der Waals surface area contributed by atoms with Crippen molar-refractivity contribution in [2.75, 3.05) is 5.32 Å². The molecular formula is C15H13IN2O2S. The third kappa shape index (κ3) is 3.01. The number of benzene rings is 1. The van der Waals surface area contributed by atoms with E-state index in [4.69, 9.17) is 0 Å². The molecule has 0 saturated carbocycles. The summed E-state index contributed by atoms with van der Waals surface area (Å²) >= 11 is 3.52. The number of amides is 1. The van der Waals surface area contributed by atoms with E-state index in [-0.39, 0.29) is 11.7 Å². The molecule has 1 amide bonds. The number of carbonyl (C=O) groups excluding carboxylic acids is 2. The van der Waals surface area contributed by atoms with Crippen molar-refractivity contribution >= 4 is 50.7 Å². The molecule has 1 heterocycles. The van der Waals surface area contributed by atoms with Gasteiger partial charge in [-0.3, -0.25) is 14.9 Å². The fourth-order valence-corrected chi connectivity index (χ4v) is 3.59. The maximum Gasteiger partial charge on any atom is 0.257 e. The highest BCUT2D eigenvalue weighted by atomic mass is 127. The molecule has 3 rings (SSSR count). The van der Waals surface area contributed by atoms with Gasteiger partial charge in [-0.15, -0.1) is 0 Å². The Morgan fingerprint density at radius 1 is 1.38 bits per heavy atom. The molecular weight excluding hydrogens is 399 g/mol. The topological polar surface area (TPSA) is 59.1 Å². The number of aromatic nitrogens is 1. The molecule has 0 aliphatic heterocycles. The molecule has 0 fully saturated rings. The van der Waals surface area contributed by atoms with Gasteiger partial charge in [-0.1, -0.05) is 11.3 Å². The third-order valence-electron chi connectivity index (χ3n) is 3.41. The summed E-state index contributed by atoms with van der Waals surface area (Å²) in [5, 5.41) is 3.31. The van der Waals surface area contributed by atoms with Crippen LogP contribution in [0.1, 0.15) is 44.1 Å². The van der Waals surface area contributed by atoms with Crippen LogP contribution in [-0.2, 0) is 6.42 Å². The van der Waals surface area contributed by atoms with Gasteiger partial charge < -0.3 is 0 Å². The minimum absolute atomic E-state index is 0.138. The zero-order chi connectivity index (χ0) is 15.0. The van der Waals surface area contributed by atoms with Crippen LogP contribution in [0.2, 0.25) is 0 Å². The summed E-state index contributed by atoms with van der Waals surface area (Å²) in [6.45, 7) is 1.97. The number of thiazole rings is 1. The predicted molar refractivity (Wildman–Crippen MR) is 91.2 cm³/mol. The van der Waals surface area contributed by atoms with Crippen LogP contribution in [0.15, 0.2) is 18.2 Å². The van der Waals surface area contributed by atoms with E-state index in [0.717, 1.165) is 27.7 Å². The Morgan fingerprint density at radius 2 is 2.19 bits per heavy atom. The molecule has 1 aromatic heterocycles. The standard InChI is InChI=1S/C15H13IN2O2S/c1-8-7-9(5-6-10(8)16)14(20)18-15-17-11-3-2-4-12(19)13(11)21-15/h5-7H,2-4H2,1H3,(H,17,18,20). The highest BCUT2D eigenvalue weighted by Crippen LogP contribution is 2.29. The fraction of sp³-hybridized carbons (Fsp3) is 0.267. The molecule has 0 atom stereocenters. The highest BCUT2D eigenvalue weighted by molar-refractivity contribution is 14.1. The van der Waals surface area contributed by atoms with Crippen molar-refractivity contribution in [3.8, 4) is 0 Å². The summed E-state index contributed by atoms with van der Waals surface area (Å²) in [4.78, 5) is 29.1. The summed E-state index contributed by atoms with van der Waals surface area (Å²) in [5.74, 6) is -0.0487. The van der Waals surface area contributed by atoms with Gasteiger partial charge in [0.05, 0.1) is 10.6 Å². The quantitative estimate of drug-likeness (QED) is 0.763. The Labute approximate surface area is 140 Å². The number of carbonyl (C=O) groups is 2. The minimum atomic E-state index is -0.187. The number of aryl methyl sites for hydroxylation is 2. The number of ketones is 1. The monoisotopic (exact) mass is 412 g/mol. The summed E-state index contributed by atoms with van der Waals surface area (Å²) in [5.41, 5.74) is 2.50. The molecule has 0 unspecified atom stereocenters. The van der Waals surface area contributed by atoms with Crippen molar-refractivity contribution in [2.24, 2.45) is 0 Å². The molecule has 1 N–H and O–H groups in total. The maximum atomic E-state index is 12.2. The highest BCUT2D eigenvalue weighted by Gasteiger charge is 2.23. The first-order valence-electron chi connectivity index (χ1n) is 6.65. The van der Waals surface area contributed by atoms with Crippen molar-refractivity contribution < 1.29 is 9.59 Å². The molecule has 1 aliphatic carbocycles. The number of hydrogen-bond acceptors (Lipinski definition) is 4. The van der Waals surface area contributed by atoms with Crippen LogP contribution in [-0.4, -0.2) is 16.7 Å². The van der Waals surface area contributed by atoms with E-state index in [1.165, 1.54) is 11.3 Å². The lowest BCUT2D eigenvalue weighted by Crippen LogP contribution is -2.12. The zero-order valence-corrected chi connectivity index (χ0v) is 14.4. The van der Waals surface area contributed by atoms with E-state index in [1.54, 1.807) is 6.07 Å². The normalized spacial score (nSPS) is 13.9. The van der Waals surface area contributed by atoms with Crippen molar-refractivity contribution in [1.29, 1.82) is 0 Å². The molecule has 0 radical (unpaired) electrons. The Balaban J connectivity index is 1.81. The van der Waals surface area contributed by atoms with Gasteiger partial charge in [0.2, 0.25) is 0 Å². The fourth-order valence-electron chi connectivity index (χ4n) is 2.28. The predicted octanol–water partition coefficient (Wildman–Crippen LogP) is 3.83. The number of nitrogens with zero attached hydrogens (tertiary/aromatic N) is 1. The molecule has 0 bridgehead atoms. The van der Waals surface area contributed by atoms with Crippen LogP contribution in [0.25, 0.3) is 0 Å². The van der Waals surface area contributed by atoms with Crippen LogP contribution in [0, 0.1) is 10.5 Å². The Hall–Kier alpha value is -1.28. The first kappa shape index (κ1) is 14.6. The van der Waals surface area contributed by atoms with Crippen molar-refractivity contribution in [3.05, 3.63) is 43.5 Å². The molecule has 2 aromatic rings. The van der Waals surface area contributed by atoms with E-state index < -0.39 is 0 Å². The minimum Gasteiger partial charge on any atom is -0.298 e. The van der Waals surface area contributed by atoms with Gasteiger partial charge in [0.15, 0.2) is 10.9 Å². The van der Waals surface area contributed by atoms with Gasteiger partial charge in [-0.05, 0) is 66.1 Å². The Morgan fingerprint density at radius 3 is 2.90 bits per heavy atom. The van der Waals surface area contributed by atoms with E-state index in [2.05, 4.69) is 32.9 Å². The largest absolute Gasteiger partial charge is 0.298 e. The van der Waals surface area contributed by atoms with Gasteiger partial charge in [-0.2, -0.15) is 0 Å². The van der Waals surface area contributed by atoms with Gasteiger partial charge in [-0.25, -0.2) is 4.98 Å². The number of anilines is 1. The molecule has 6 heteroatoms. The molecule has 4 nitrogen and oxygen atoms in total. The molecule has 108 valence electrons. The molecule has 0 saturated heterocycles. The lowest BCUT2D eigenvalue weighted by Gasteiger charge is -2.05. The second kappa shape index (κ2) is 5.84. The van der Waals surface area contributed by atoms with Crippen LogP contribution < -0.4 is 5.32 Å². The van der Waals surface area contributed by atoms with Crippen molar-refractivity contribution in [3.63, 3.8) is 0 Å². The van der Waals surface area contributed by atoms with Crippen LogP contribution >= 0.6 is 33.9 Å². The zero-order valence-electron chi connectivity index (χ0n) is 11.4. The number of fused-ring (bicyclic) bond motifs is 1. The first-order valence-corrected chi connectivity index (χ1v) is 8.54. The number of hydrogen-bond donors (Lipinski definition) is 1. The van der Waals surface area contributed by atoms with Crippen LogP contribution in [0.3, 0.4) is 0 Å². The van der Waals surface area contributed by atoms with E-state index in [1.807, 2.05) is 19.1 Å². The number of nitrogens with one attached hydrogen (secondary N) is 1. The average Bonchev–Trinajstić information content (AvgIpc) is 2.86. The Bertz CT molecular complexity index is 739. The second-order valence-electron chi connectivity index (χ2n) is 4.99. The summed E-state index contributed by atoms with van der Waals surface area (Å²) in [6.07, 6.45) is 2.24. The van der Waals surface area contributed by atoms with E-state index in [9.17, 15) is 9.59 Å². The van der Waals surface area contributed by atoms with Gasteiger partial charge >= 0.3 is 0 Å². The second-order valence-corrected chi connectivity index (χ2v) is 7.15. The van der Waals surface area contributed by atoms with E-state index in [0.29, 0.717) is 22.0 Å². The average molecular weight is 412 g/mol. The SMILES string of the molecule is Cc1cc(C(=O)Nc2nc3c(s2)C(=O)CCC3)ccc1I. The Kier molecular flexibility index (Phi) is 4.08. The first-order chi connectivity index (χ1) is 10.0. The number of Topliss-reactive ketones (excluding diaryl/α,β-unsaturated/α-hetero) is 1. The summed E-state index contributed by atoms with van der Waals surface area (Å²) < 4.78 is 1.12. The smallest absolute Gasteiger partial charge is 0.257 e. The summed E-state index contributed by atoms with van der Waals surface area (Å²) in [7, 11) is 0. The van der Waals surface area contributed by atoms with Gasteiger partial charge in [0.1, 0.15) is 0 Å². The van der Waals surface area contributed by atoms with Crippen LogP contribution in [0.4, 0.5) is 5.13 Å². The maximum absolute atomic E-state index is 12.2.